The Balaban J connectivity index is 2.11. The van der Waals surface area contributed by atoms with Crippen LogP contribution in [0, 0.1) is 17.6 Å². The molecule has 1 unspecified atom stereocenters. The third-order valence-electron chi connectivity index (χ3n) is 3.42. The lowest BCUT2D eigenvalue weighted by atomic mass is 9.78. The first-order valence-corrected chi connectivity index (χ1v) is 5.61. The second kappa shape index (κ2) is 4.89. The van der Waals surface area contributed by atoms with Gasteiger partial charge < -0.3 is 0 Å². The predicted molar refractivity (Wildman–Crippen MR) is 58.5 cm³/mol. The summed E-state index contributed by atoms with van der Waals surface area (Å²) in [5.74, 6) is 4.91. The van der Waals surface area contributed by atoms with Gasteiger partial charge in [0.2, 0.25) is 0 Å². The molecule has 2 rings (SSSR count). The van der Waals surface area contributed by atoms with Crippen LogP contribution in [0.2, 0.25) is 0 Å². The molecule has 2 nitrogen and oxygen atoms in total. The molecule has 1 aliphatic carbocycles. The Morgan fingerprint density at radius 3 is 2.38 bits per heavy atom. The molecule has 88 valence electrons. The van der Waals surface area contributed by atoms with Crippen molar-refractivity contribution in [3.05, 3.63) is 35.4 Å². The van der Waals surface area contributed by atoms with Gasteiger partial charge in [0.1, 0.15) is 11.6 Å². The standard InChI is InChI=1S/C12H16F2N2/c13-10-5-2-6-11(14)9(10)7-12(16-15)8-3-1-4-8/h2,5-6,8,12,16H,1,3-4,7,15H2. The molecule has 0 heterocycles. The SMILES string of the molecule is NNC(Cc1c(F)cccc1F)C1CCC1. The average Bonchev–Trinajstić information content (AvgIpc) is 2.19. The number of halogens is 2. The number of nitrogens with two attached hydrogens (primary N) is 1. The Morgan fingerprint density at radius 2 is 1.94 bits per heavy atom. The second-order valence-electron chi connectivity index (χ2n) is 4.37. The van der Waals surface area contributed by atoms with E-state index < -0.39 is 11.6 Å². The molecule has 16 heavy (non-hydrogen) atoms. The number of nitrogens with one attached hydrogen (secondary N) is 1. The molecule has 1 fully saturated rings. The van der Waals surface area contributed by atoms with Gasteiger partial charge in [-0.1, -0.05) is 12.5 Å². The molecule has 1 aromatic rings. The Morgan fingerprint density at radius 1 is 1.31 bits per heavy atom. The topological polar surface area (TPSA) is 38.0 Å². The monoisotopic (exact) mass is 226 g/mol. The highest BCUT2D eigenvalue weighted by molar-refractivity contribution is 5.21. The van der Waals surface area contributed by atoms with Gasteiger partial charge in [-0.25, -0.2) is 8.78 Å². The zero-order chi connectivity index (χ0) is 11.5. The van der Waals surface area contributed by atoms with E-state index in [1.807, 2.05) is 0 Å². The van der Waals surface area contributed by atoms with Crippen LogP contribution in [-0.2, 0) is 6.42 Å². The van der Waals surface area contributed by atoms with Crippen LogP contribution in [0.5, 0.6) is 0 Å². The van der Waals surface area contributed by atoms with Crippen LogP contribution >= 0.6 is 0 Å². The van der Waals surface area contributed by atoms with Gasteiger partial charge in [-0.3, -0.25) is 11.3 Å². The molecular weight excluding hydrogens is 210 g/mol. The third-order valence-corrected chi connectivity index (χ3v) is 3.42. The molecule has 0 amide bonds. The van der Waals surface area contributed by atoms with Crippen molar-refractivity contribution in [1.82, 2.24) is 5.43 Å². The Kier molecular flexibility index (Phi) is 3.51. The maximum absolute atomic E-state index is 13.4. The predicted octanol–water partition coefficient (Wildman–Crippen LogP) is 2.14. The summed E-state index contributed by atoms with van der Waals surface area (Å²) in [6, 6.07) is 3.92. The molecule has 1 saturated carbocycles. The molecule has 0 saturated heterocycles. The van der Waals surface area contributed by atoms with Crippen molar-refractivity contribution in [1.29, 1.82) is 0 Å². The van der Waals surface area contributed by atoms with Crippen LogP contribution in [0.25, 0.3) is 0 Å². The highest BCUT2D eigenvalue weighted by atomic mass is 19.1. The lowest BCUT2D eigenvalue weighted by Crippen LogP contribution is -2.45. The summed E-state index contributed by atoms with van der Waals surface area (Å²) in [4.78, 5) is 0. The summed E-state index contributed by atoms with van der Waals surface area (Å²) in [6.45, 7) is 0. The second-order valence-corrected chi connectivity index (χ2v) is 4.37. The largest absolute Gasteiger partial charge is 0.271 e. The van der Waals surface area contributed by atoms with E-state index in [1.54, 1.807) is 0 Å². The van der Waals surface area contributed by atoms with Crippen molar-refractivity contribution in [2.75, 3.05) is 0 Å². The molecule has 1 atom stereocenters. The Labute approximate surface area is 93.8 Å². The van der Waals surface area contributed by atoms with Crippen LogP contribution in [0.15, 0.2) is 18.2 Å². The lowest BCUT2D eigenvalue weighted by molar-refractivity contribution is 0.226. The van der Waals surface area contributed by atoms with Gasteiger partial charge in [-0.05, 0) is 37.3 Å². The molecule has 0 aromatic heterocycles. The molecule has 0 bridgehead atoms. The number of hydrogen-bond donors (Lipinski definition) is 2. The number of hydrazine groups is 1. The van der Waals surface area contributed by atoms with Crippen LogP contribution < -0.4 is 11.3 Å². The van der Waals surface area contributed by atoms with Crippen molar-refractivity contribution in [3.63, 3.8) is 0 Å². The van der Waals surface area contributed by atoms with Gasteiger partial charge in [-0.2, -0.15) is 0 Å². The van der Waals surface area contributed by atoms with Crippen LogP contribution in [0.4, 0.5) is 8.78 Å². The molecule has 3 N–H and O–H groups in total. The van der Waals surface area contributed by atoms with Crippen molar-refractivity contribution < 1.29 is 8.78 Å². The summed E-state index contributed by atoms with van der Waals surface area (Å²) < 4.78 is 26.8. The van der Waals surface area contributed by atoms with E-state index >= 15 is 0 Å². The highest BCUT2D eigenvalue weighted by Gasteiger charge is 2.28. The fraction of sp³-hybridized carbons (Fsp3) is 0.500. The van der Waals surface area contributed by atoms with Gasteiger partial charge in [-0.15, -0.1) is 0 Å². The van der Waals surface area contributed by atoms with Crippen molar-refractivity contribution >= 4 is 0 Å². The minimum atomic E-state index is -0.487. The number of rotatable bonds is 4. The molecule has 0 radical (unpaired) electrons. The molecule has 1 aromatic carbocycles. The van der Waals surface area contributed by atoms with Crippen LogP contribution in [0.1, 0.15) is 24.8 Å². The smallest absolute Gasteiger partial charge is 0.129 e. The zero-order valence-corrected chi connectivity index (χ0v) is 9.05. The lowest BCUT2D eigenvalue weighted by Gasteiger charge is -2.33. The maximum atomic E-state index is 13.4. The summed E-state index contributed by atoms with van der Waals surface area (Å²) in [7, 11) is 0. The quantitative estimate of drug-likeness (QED) is 0.609. The van der Waals surface area contributed by atoms with E-state index in [-0.39, 0.29) is 11.6 Å². The van der Waals surface area contributed by atoms with Gasteiger partial charge in [0.15, 0.2) is 0 Å². The van der Waals surface area contributed by atoms with Crippen LogP contribution in [0.3, 0.4) is 0 Å². The summed E-state index contributed by atoms with van der Waals surface area (Å²) in [5, 5.41) is 0. The van der Waals surface area contributed by atoms with E-state index in [9.17, 15) is 8.78 Å². The summed E-state index contributed by atoms with van der Waals surface area (Å²) >= 11 is 0. The van der Waals surface area contributed by atoms with Crippen molar-refractivity contribution in [3.8, 4) is 0 Å². The van der Waals surface area contributed by atoms with Crippen molar-refractivity contribution in [2.24, 2.45) is 11.8 Å². The van der Waals surface area contributed by atoms with E-state index in [0.29, 0.717) is 12.3 Å². The highest BCUT2D eigenvalue weighted by Crippen LogP contribution is 2.31. The molecule has 0 spiro atoms. The van der Waals surface area contributed by atoms with Gasteiger partial charge >= 0.3 is 0 Å². The molecule has 0 aliphatic heterocycles. The maximum Gasteiger partial charge on any atom is 0.129 e. The molecule has 1 aliphatic rings. The molecular formula is C12H16F2N2. The first-order valence-electron chi connectivity index (χ1n) is 5.61. The fourth-order valence-corrected chi connectivity index (χ4v) is 2.15. The fourth-order valence-electron chi connectivity index (χ4n) is 2.15. The van der Waals surface area contributed by atoms with Gasteiger partial charge in [0, 0.05) is 11.6 Å². The number of hydrogen-bond acceptors (Lipinski definition) is 2. The van der Waals surface area contributed by atoms with E-state index in [4.69, 9.17) is 5.84 Å². The zero-order valence-electron chi connectivity index (χ0n) is 9.05. The Hall–Kier alpha value is -1.00. The first-order chi connectivity index (χ1) is 7.72. The number of benzene rings is 1. The first kappa shape index (κ1) is 11.5. The summed E-state index contributed by atoms with van der Waals surface area (Å²) in [6.07, 6.45) is 3.68. The molecule has 4 heteroatoms. The summed E-state index contributed by atoms with van der Waals surface area (Å²) in [5.41, 5.74) is 2.81. The van der Waals surface area contributed by atoms with Crippen LogP contribution in [-0.4, -0.2) is 6.04 Å². The average molecular weight is 226 g/mol. The Bertz CT molecular complexity index is 344. The van der Waals surface area contributed by atoms with Crippen molar-refractivity contribution in [2.45, 2.75) is 31.7 Å². The van der Waals surface area contributed by atoms with E-state index in [0.717, 1.165) is 12.8 Å². The third kappa shape index (κ3) is 2.23. The minimum Gasteiger partial charge on any atom is -0.271 e. The van der Waals surface area contributed by atoms with Gasteiger partial charge in [0.05, 0.1) is 0 Å². The van der Waals surface area contributed by atoms with E-state index in [1.165, 1.54) is 24.6 Å². The minimum absolute atomic E-state index is 0.0276. The normalized spacial score (nSPS) is 18.2. The van der Waals surface area contributed by atoms with E-state index in [2.05, 4.69) is 5.43 Å². The van der Waals surface area contributed by atoms with Gasteiger partial charge in [0.25, 0.3) is 0 Å².